The Balaban J connectivity index is 1.70. The van der Waals surface area contributed by atoms with Crippen LogP contribution in [0.25, 0.3) is 0 Å². The van der Waals surface area contributed by atoms with Crippen molar-refractivity contribution in [2.75, 3.05) is 26.2 Å². The topological polar surface area (TPSA) is 44.4 Å². The highest BCUT2D eigenvalue weighted by molar-refractivity contribution is 5.74. The largest absolute Gasteiger partial charge is 0.338 e. The summed E-state index contributed by atoms with van der Waals surface area (Å²) in [5.41, 5.74) is 0. The Kier molecular flexibility index (Phi) is 3.24. The van der Waals surface area contributed by atoms with Crippen LogP contribution in [0, 0.1) is 0 Å². The van der Waals surface area contributed by atoms with E-state index in [0.717, 1.165) is 39.0 Å². The summed E-state index contributed by atoms with van der Waals surface area (Å²) in [4.78, 5) is 13.3. The summed E-state index contributed by atoms with van der Waals surface area (Å²) >= 11 is 0. The molecule has 2 amide bonds. The van der Waals surface area contributed by atoms with E-state index in [4.69, 9.17) is 0 Å². The van der Waals surface area contributed by atoms with Crippen molar-refractivity contribution in [1.29, 1.82) is 0 Å². The van der Waals surface area contributed by atoms with Gasteiger partial charge in [-0.25, -0.2) is 4.79 Å². The average molecular weight is 197 g/mol. The van der Waals surface area contributed by atoms with Crippen LogP contribution in [0.3, 0.4) is 0 Å². The normalized spacial score (nSPS) is 27.9. The summed E-state index contributed by atoms with van der Waals surface area (Å²) in [7, 11) is 0. The fourth-order valence-corrected chi connectivity index (χ4v) is 2.21. The third-order valence-electron chi connectivity index (χ3n) is 3.08. The minimum absolute atomic E-state index is 0.120. The van der Waals surface area contributed by atoms with Crippen molar-refractivity contribution in [3.05, 3.63) is 0 Å². The van der Waals surface area contributed by atoms with Crippen LogP contribution in [-0.2, 0) is 0 Å². The Bertz CT molecular complexity index is 202. The molecular formula is C10H19N3O. The van der Waals surface area contributed by atoms with E-state index in [2.05, 4.69) is 10.6 Å². The smallest absolute Gasteiger partial charge is 0.317 e. The quantitative estimate of drug-likeness (QED) is 0.693. The van der Waals surface area contributed by atoms with E-state index in [-0.39, 0.29) is 6.03 Å². The first-order valence-electron chi connectivity index (χ1n) is 5.62. The number of carbonyl (C=O) groups excluding carboxylic acids is 1. The van der Waals surface area contributed by atoms with E-state index in [1.54, 1.807) is 0 Å². The molecule has 1 atom stereocenters. The predicted octanol–water partition coefficient (Wildman–Crippen LogP) is 0.544. The van der Waals surface area contributed by atoms with Crippen LogP contribution in [0.15, 0.2) is 0 Å². The SMILES string of the molecule is O=C1NCCCN1CCC1CCCN1. The van der Waals surface area contributed by atoms with Gasteiger partial charge in [-0.3, -0.25) is 0 Å². The van der Waals surface area contributed by atoms with E-state index in [0.29, 0.717) is 6.04 Å². The van der Waals surface area contributed by atoms with Gasteiger partial charge in [0.15, 0.2) is 0 Å². The average Bonchev–Trinajstić information content (AvgIpc) is 2.69. The number of nitrogens with zero attached hydrogens (tertiary/aromatic N) is 1. The Labute approximate surface area is 85.0 Å². The zero-order valence-corrected chi connectivity index (χ0v) is 8.59. The predicted molar refractivity (Wildman–Crippen MR) is 55.2 cm³/mol. The lowest BCUT2D eigenvalue weighted by Crippen LogP contribution is -2.47. The molecule has 0 radical (unpaired) electrons. The number of amides is 2. The van der Waals surface area contributed by atoms with Crippen molar-refractivity contribution in [2.45, 2.75) is 31.7 Å². The molecule has 1 unspecified atom stereocenters. The first kappa shape index (κ1) is 9.77. The van der Waals surface area contributed by atoms with E-state index < -0.39 is 0 Å². The summed E-state index contributed by atoms with van der Waals surface area (Å²) in [6.07, 6.45) is 4.75. The van der Waals surface area contributed by atoms with Crippen LogP contribution in [-0.4, -0.2) is 43.2 Å². The maximum absolute atomic E-state index is 11.4. The third kappa shape index (κ3) is 2.38. The molecule has 2 heterocycles. The van der Waals surface area contributed by atoms with Gasteiger partial charge in [-0.1, -0.05) is 0 Å². The highest BCUT2D eigenvalue weighted by Crippen LogP contribution is 2.10. The number of rotatable bonds is 3. The second-order valence-electron chi connectivity index (χ2n) is 4.15. The first-order valence-corrected chi connectivity index (χ1v) is 5.62. The summed E-state index contributed by atoms with van der Waals surface area (Å²) in [6.45, 7) is 3.83. The Morgan fingerprint density at radius 3 is 3.00 bits per heavy atom. The van der Waals surface area contributed by atoms with Crippen molar-refractivity contribution >= 4 is 6.03 Å². The molecule has 80 valence electrons. The summed E-state index contributed by atoms with van der Waals surface area (Å²) in [5.74, 6) is 0. The molecule has 2 fully saturated rings. The van der Waals surface area contributed by atoms with Crippen LogP contribution in [0.4, 0.5) is 4.79 Å². The summed E-state index contributed by atoms with van der Waals surface area (Å²) < 4.78 is 0. The molecule has 0 aromatic carbocycles. The molecule has 0 aromatic rings. The van der Waals surface area contributed by atoms with Gasteiger partial charge in [0.05, 0.1) is 0 Å². The zero-order chi connectivity index (χ0) is 9.80. The summed E-state index contributed by atoms with van der Waals surface area (Å²) in [5, 5.41) is 6.33. The molecule has 2 rings (SSSR count). The Morgan fingerprint density at radius 2 is 2.29 bits per heavy atom. The van der Waals surface area contributed by atoms with E-state index >= 15 is 0 Å². The van der Waals surface area contributed by atoms with E-state index in [1.165, 1.54) is 12.8 Å². The van der Waals surface area contributed by atoms with Gasteiger partial charge in [0.2, 0.25) is 0 Å². The molecule has 0 aromatic heterocycles. The molecule has 4 heteroatoms. The Hall–Kier alpha value is -0.770. The van der Waals surface area contributed by atoms with Gasteiger partial charge in [0, 0.05) is 25.7 Å². The molecule has 2 aliphatic rings. The van der Waals surface area contributed by atoms with Crippen molar-refractivity contribution < 1.29 is 4.79 Å². The second kappa shape index (κ2) is 4.64. The first-order chi connectivity index (χ1) is 6.86. The van der Waals surface area contributed by atoms with Crippen molar-refractivity contribution in [3.63, 3.8) is 0 Å². The third-order valence-corrected chi connectivity index (χ3v) is 3.08. The number of nitrogens with one attached hydrogen (secondary N) is 2. The second-order valence-corrected chi connectivity index (χ2v) is 4.15. The van der Waals surface area contributed by atoms with Gasteiger partial charge in [-0.2, -0.15) is 0 Å². The molecule has 0 saturated carbocycles. The fraction of sp³-hybridized carbons (Fsp3) is 0.900. The fourth-order valence-electron chi connectivity index (χ4n) is 2.21. The van der Waals surface area contributed by atoms with Gasteiger partial charge < -0.3 is 15.5 Å². The number of hydrogen-bond acceptors (Lipinski definition) is 2. The van der Waals surface area contributed by atoms with Crippen LogP contribution < -0.4 is 10.6 Å². The van der Waals surface area contributed by atoms with Crippen LogP contribution in [0.1, 0.15) is 25.7 Å². The highest BCUT2D eigenvalue weighted by atomic mass is 16.2. The molecule has 0 aliphatic carbocycles. The molecule has 4 nitrogen and oxygen atoms in total. The zero-order valence-electron chi connectivity index (χ0n) is 8.59. The van der Waals surface area contributed by atoms with Crippen LogP contribution in [0.5, 0.6) is 0 Å². The maximum Gasteiger partial charge on any atom is 0.317 e. The minimum atomic E-state index is 0.120. The molecular weight excluding hydrogens is 178 g/mol. The lowest BCUT2D eigenvalue weighted by Gasteiger charge is -2.28. The van der Waals surface area contributed by atoms with Crippen LogP contribution in [0.2, 0.25) is 0 Å². The lowest BCUT2D eigenvalue weighted by atomic mass is 10.1. The van der Waals surface area contributed by atoms with Gasteiger partial charge >= 0.3 is 6.03 Å². The van der Waals surface area contributed by atoms with Crippen molar-refractivity contribution in [1.82, 2.24) is 15.5 Å². The molecule has 2 N–H and O–H groups in total. The molecule has 0 bridgehead atoms. The van der Waals surface area contributed by atoms with Crippen LogP contribution >= 0.6 is 0 Å². The standard InChI is InChI=1S/C10H19N3O/c14-10-12-6-2-7-13(10)8-4-9-3-1-5-11-9/h9,11H,1-8H2,(H,12,14). The van der Waals surface area contributed by atoms with Gasteiger partial charge in [-0.05, 0) is 32.2 Å². The van der Waals surface area contributed by atoms with E-state index in [9.17, 15) is 4.79 Å². The minimum Gasteiger partial charge on any atom is -0.338 e. The lowest BCUT2D eigenvalue weighted by molar-refractivity contribution is 0.183. The maximum atomic E-state index is 11.4. The highest BCUT2D eigenvalue weighted by Gasteiger charge is 2.20. The van der Waals surface area contributed by atoms with E-state index in [1.807, 2.05) is 4.90 Å². The van der Waals surface area contributed by atoms with Gasteiger partial charge in [0.1, 0.15) is 0 Å². The number of carbonyl (C=O) groups is 1. The number of urea groups is 1. The van der Waals surface area contributed by atoms with Crippen molar-refractivity contribution in [2.24, 2.45) is 0 Å². The van der Waals surface area contributed by atoms with Crippen molar-refractivity contribution in [3.8, 4) is 0 Å². The Morgan fingerprint density at radius 1 is 1.36 bits per heavy atom. The molecule has 0 spiro atoms. The monoisotopic (exact) mass is 197 g/mol. The molecule has 2 aliphatic heterocycles. The van der Waals surface area contributed by atoms with Gasteiger partial charge in [0.25, 0.3) is 0 Å². The number of hydrogen-bond donors (Lipinski definition) is 2. The summed E-state index contributed by atoms with van der Waals surface area (Å²) in [6, 6.07) is 0.763. The van der Waals surface area contributed by atoms with Gasteiger partial charge in [-0.15, -0.1) is 0 Å². The molecule has 14 heavy (non-hydrogen) atoms. The molecule has 2 saturated heterocycles.